The van der Waals surface area contributed by atoms with Gasteiger partial charge in [-0.2, -0.15) is 0 Å². The Hall–Kier alpha value is -3.57. The first-order valence-corrected chi connectivity index (χ1v) is 13.5. The molecule has 0 fully saturated rings. The van der Waals surface area contributed by atoms with E-state index >= 15 is 0 Å². The van der Waals surface area contributed by atoms with E-state index in [0.29, 0.717) is 0 Å². The maximum Gasteiger partial charge on any atom is 0.0658 e. The van der Waals surface area contributed by atoms with E-state index in [1.807, 2.05) is 0 Å². The molecule has 0 N–H and O–H groups in total. The van der Waals surface area contributed by atoms with Crippen molar-refractivity contribution in [2.45, 2.75) is 19.3 Å². The fourth-order valence-corrected chi connectivity index (χ4v) is 8.20. The summed E-state index contributed by atoms with van der Waals surface area (Å²) < 4.78 is 4.98. The fourth-order valence-electron chi connectivity index (χ4n) is 7.31. The SMILES string of the molecule is CC1(C)c2ccccc2-c2cc3c4c5c(cccc5n(I)c4c21)c1cccc2c4ccccc4n3c12. The van der Waals surface area contributed by atoms with Crippen LogP contribution in [0.25, 0.3) is 71.0 Å². The highest BCUT2D eigenvalue weighted by atomic mass is 127. The van der Waals surface area contributed by atoms with Crippen molar-refractivity contribution < 1.29 is 0 Å². The number of halogens is 1. The average Bonchev–Trinajstić information content (AvgIpc) is 3.44. The number of nitrogens with zero attached hydrogens (tertiary/aromatic N) is 2. The molecular weight excluding hydrogens is 551 g/mol. The molecule has 0 aliphatic heterocycles. The Morgan fingerprint density at radius 1 is 0.583 bits per heavy atom. The summed E-state index contributed by atoms with van der Waals surface area (Å²) in [5.74, 6) is 0. The van der Waals surface area contributed by atoms with Gasteiger partial charge in [-0.05, 0) is 45.8 Å². The van der Waals surface area contributed by atoms with Gasteiger partial charge in [-0.25, -0.2) is 0 Å². The summed E-state index contributed by atoms with van der Waals surface area (Å²) in [5.41, 5.74) is 12.0. The number of fused-ring (bicyclic) bond motifs is 9. The molecule has 0 saturated heterocycles. The van der Waals surface area contributed by atoms with Gasteiger partial charge in [0.2, 0.25) is 0 Å². The second kappa shape index (κ2) is 6.22. The number of aromatic nitrogens is 2. The molecule has 0 amide bonds. The highest BCUT2D eigenvalue weighted by Crippen LogP contribution is 2.55. The Labute approximate surface area is 221 Å². The first-order chi connectivity index (χ1) is 17.6. The van der Waals surface area contributed by atoms with E-state index in [-0.39, 0.29) is 5.41 Å². The monoisotopic (exact) mass is 572 g/mol. The standard InChI is InChI=1S/C33H21IN2/c1-33(2)24-14-5-3-9-18(24)23-17-27-29-28-20(11-8-16-26(28)36(34)32(29)30(23)33)22-13-7-12-21-19-10-4-6-15-25(19)35(27)31(21)22/h3-17H,1-2H3. The van der Waals surface area contributed by atoms with E-state index in [1.54, 1.807) is 0 Å². The van der Waals surface area contributed by atoms with E-state index in [0.717, 1.165) is 0 Å². The van der Waals surface area contributed by atoms with Crippen molar-refractivity contribution in [3.63, 3.8) is 0 Å². The number of hydrogen-bond acceptors (Lipinski definition) is 0. The van der Waals surface area contributed by atoms with Crippen molar-refractivity contribution in [2.24, 2.45) is 0 Å². The normalized spacial score (nSPS) is 14.8. The molecule has 0 bridgehead atoms. The first-order valence-electron chi connectivity index (χ1n) is 12.5. The third-order valence-corrected chi connectivity index (χ3v) is 9.72. The van der Waals surface area contributed by atoms with Crippen LogP contribution in [-0.2, 0) is 5.41 Å². The molecule has 3 heteroatoms. The molecule has 0 radical (unpaired) electrons. The molecule has 1 aliphatic carbocycles. The maximum absolute atomic E-state index is 2.55. The van der Waals surface area contributed by atoms with E-state index in [1.165, 1.54) is 82.2 Å². The van der Waals surface area contributed by atoms with Crippen LogP contribution in [0.1, 0.15) is 25.0 Å². The van der Waals surface area contributed by atoms with Crippen LogP contribution >= 0.6 is 22.9 Å². The Kier molecular flexibility index (Phi) is 3.38. The van der Waals surface area contributed by atoms with Crippen LogP contribution in [0.4, 0.5) is 0 Å². The molecule has 3 heterocycles. The summed E-state index contributed by atoms with van der Waals surface area (Å²) in [6.07, 6.45) is 0. The van der Waals surface area contributed by atoms with Gasteiger partial charge in [-0.3, -0.25) is 2.78 Å². The minimum atomic E-state index is -0.0743. The minimum absolute atomic E-state index is 0.0743. The highest BCUT2D eigenvalue weighted by Gasteiger charge is 2.39. The molecular formula is C33H21IN2. The van der Waals surface area contributed by atoms with Crippen LogP contribution < -0.4 is 0 Å². The van der Waals surface area contributed by atoms with Crippen molar-refractivity contribution in [1.29, 1.82) is 0 Å². The second-order valence-electron chi connectivity index (χ2n) is 10.7. The van der Waals surface area contributed by atoms with Gasteiger partial charge in [0.1, 0.15) is 0 Å². The molecule has 0 spiro atoms. The Morgan fingerprint density at radius 3 is 2.14 bits per heavy atom. The lowest BCUT2D eigenvalue weighted by Gasteiger charge is -2.23. The molecule has 1 aliphatic rings. The van der Waals surface area contributed by atoms with Gasteiger partial charge in [0.05, 0.1) is 50.4 Å². The second-order valence-corrected chi connectivity index (χ2v) is 11.7. The van der Waals surface area contributed by atoms with E-state index < -0.39 is 0 Å². The zero-order valence-corrected chi connectivity index (χ0v) is 22.1. The predicted molar refractivity (Wildman–Crippen MR) is 161 cm³/mol. The molecule has 8 aromatic rings. The van der Waals surface area contributed by atoms with Gasteiger partial charge in [-0.1, -0.05) is 86.6 Å². The average molecular weight is 572 g/mol. The fraction of sp³-hybridized carbons (Fsp3) is 0.0909. The smallest absolute Gasteiger partial charge is 0.0658 e. The van der Waals surface area contributed by atoms with E-state index in [4.69, 9.17) is 0 Å². The van der Waals surface area contributed by atoms with Gasteiger partial charge >= 0.3 is 0 Å². The van der Waals surface area contributed by atoms with Gasteiger partial charge < -0.3 is 4.40 Å². The quantitative estimate of drug-likeness (QED) is 0.160. The molecule has 170 valence electrons. The summed E-state index contributed by atoms with van der Waals surface area (Å²) >= 11 is 2.54. The van der Waals surface area contributed by atoms with Crippen molar-refractivity contribution in [3.05, 3.63) is 102 Å². The van der Waals surface area contributed by atoms with Crippen LogP contribution in [-0.4, -0.2) is 7.18 Å². The van der Waals surface area contributed by atoms with Crippen molar-refractivity contribution >= 4 is 82.8 Å². The third kappa shape index (κ3) is 2.01. The molecule has 2 nitrogen and oxygen atoms in total. The zero-order chi connectivity index (χ0) is 23.9. The molecule has 9 rings (SSSR count). The molecule has 5 aromatic carbocycles. The summed E-state index contributed by atoms with van der Waals surface area (Å²) in [4.78, 5) is 0. The number of hydrogen-bond donors (Lipinski definition) is 0. The van der Waals surface area contributed by atoms with Gasteiger partial charge in [0.15, 0.2) is 0 Å². The largest absolute Gasteiger partial charge is 0.308 e. The summed E-state index contributed by atoms with van der Waals surface area (Å²) in [6, 6.07) is 34.0. The first kappa shape index (κ1) is 19.6. The van der Waals surface area contributed by atoms with Gasteiger partial charge in [0, 0.05) is 32.3 Å². The van der Waals surface area contributed by atoms with Crippen molar-refractivity contribution in [1.82, 2.24) is 7.18 Å². The molecule has 0 saturated carbocycles. The van der Waals surface area contributed by atoms with Crippen LogP contribution in [0.3, 0.4) is 0 Å². The Bertz CT molecular complexity index is 2240. The number of rotatable bonds is 0. The number of benzene rings is 5. The minimum Gasteiger partial charge on any atom is -0.308 e. The summed E-state index contributed by atoms with van der Waals surface area (Å²) in [5, 5.41) is 8.01. The maximum atomic E-state index is 2.55. The lowest BCUT2D eigenvalue weighted by molar-refractivity contribution is 0.665. The lowest BCUT2D eigenvalue weighted by Crippen LogP contribution is -2.16. The van der Waals surface area contributed by atoms with Gasteiger partial charge in [-0.15, -0.1) is 0 Å². The van der Waals surface area contributed by atoms with E-state index in [2.05, 4.69) is 135 Å². The van der Waals surface area contributed by atoms with Crippen LogP contribution in [0, 0.1) is 0 Å². The Morgan fingerprint density at radius 2 is 1.25 bits per heavy atom. The highest BCUT2D eigenvalue weighted by molar-refractivity contribution is 14.1. The topological polar surface area (TPSA) is 9.34 Å². The Balaban J connectivity index is 1.73. The lowest BCUT2D eigenvalue weighted by atomic mass is 9.81. The zero-order valence-electron chi connectivity index (χ0n) is 19.9. The number of para-hydroxylation sites is 2. The van der Waals surface area contributed by atoms with Crippen LogP contribution in [0.5, 0.6) is 0 Å². The summed E-state index contributed by atoms with van der Waals surface area (Å²) in [7, 11) is 0. The van der Waals surface area contributed by atoms with Crippen molar-refractivity contribution in [2.75, 3.05) is 0 Å². The van der Waals surface area contributed by atoms with Crippen LogP contribution in [0.2, 0.25) is 0 Å². The van der Waals surface area contributed by atoms with E-state index in [9.17, 15) is 0 Å². The predicted octanol–water partition coefficient (Wildman–Crippen LogP) is 9.45. The molecule has 0 unspecified atom stereocenters. The van der Waals surface area contributed by atoms with Crippen molar-refractivity contribution in [3.8, 4) is 11.1 Å². The van der Waals surface area contributed by atoms with Gasteiger partial charge in [0.25, 0.3) is 0 Å². The third-order valence-electron chi connectivity index (χ3n) is 8.72. The summed E-state index contributed by atoms with van der Waals surface area (Å²) in [6.45, 7) is 4.79. The van der Waals surface area contributed by atoms with Crippen LogP contribution in [0.15, 0.2) is 91.0 Å². The molecule has 36 heavy (non-hydrogen) atoms. The molecule has 3 aromatic heterocycles. The molecule has 0 atom stereocenters.